The molecule has 0 spiro atoms. The van der Waals surface area contributed by atoms with E-state index in [1.165, 1.54) is 12.1 Å². The molecule has 0 aliphatic heterocycles. The lowest BCUT2D eigenvalue weighted by Crippen LogP contribution is -2.18. The first kappa shape index (κ1) is 12.9. The highest BCUT2D eigenvalue weighted by Gasteiger charge is 2.14. The maximum Gasteiger partial charge on any atom is 0.273 e. The van der Waals surface area contributed by atoms with E-state index in [0.717, 1.165) is 5.69 Å². The van der Waals surface area contributed by atoms with E-state index in [4.69, 9.17) is 5.73 Å². The largest absolute Gasteiger partial charge is 0.508 e. The summed E-state index contributed by atoms with van der Waals surface area (Å²) in [5.41, 5.74) is 7.76. The van der Waals surface area contributed by atoms with Crippen molar-refractivity contribution in [2.24, 2.45) is 0 Å². The number of anilines is 2. The molecule has 100 valence electrons. The number of aromatic hydroxyl groups is 1. The summed E-state index contributed by atoms with van der Waals surface area (Å²) in [6.07, 6.45) is 0. The van der Waals surface area contributed by atoms with E-state index in [1.54, 1.807) is 16.8 Å². The normalized spacial score (nSPS) is 10.4. The van der Waals surface area contributed by atoms with Gasteiger partial charge >= 0.3 is 0 Å². The van der Waals surface area contributed by atoms with Gasteiger partial charge in [0, 0.05) is 12.6 Å². The van der Waals surface area contributed by atoms with Crippen LogP contribution in [0.5, 0.6) is 5.75 Å². The molecule has 2 aromatic rings. The van der Waals surface area contributed by atoms with Crippen LogP contribution in [0.15, 0.2) is 24.3 Å². The van der Waals surface area contributed by atoms with Gasteiger partial charge in [0.1, 0.15) is 11.4 Å². The Morgan fingerprint density at radius 3 is 2.84 bits per heavy atom. The van der Waals surface area contributed by atoms with Gasteiger partial charge in [-0.05, 0) is 32.0 Å². The predicted octanol–water partition coefficient (Wildman–Crippen LogP) is 1.75. The number of hydrogen-bond donors (Lipinski definition) is 3. The van der Waals surface area contributed by atoms with Gasteiger partial charge in [-0.25, -0.2) is 0 Å². The molecule has 2 rings (SSSR count). The van der Waals surface area contributed by atoms with Crippen LogP contribution in [0.4, 0.5) is 11.4 Å². The molecule has 0 saturated heterocycles. The minimum Gasteiger partial charge on any atom is -0.508 e. The second-order valence-electron chi connectivity index (χ2n) is 4.21. The summed E-state index contributed by atoms with van der Waals surface area (Å²) >= 11 is 0. The average molecular weight is 260 g/mol. The minimum absolute atomic E-state index is 0.0601. The topological polar surface area (TPSA) is 93.2 Å². The van der Waals surface area contributed by atoms with Crippen LogP contribution in [0.3, 0.4) is 0 Å². The lowest BCUT2D eigenvalue weighted by Gasteiger charge is -2.09. The van der Waals surface area contributed by atoms with Crippen molar-refractivity contribution in [1.82, 2.24) is 9.78 Å². The Balaban J connectivity index is 2.25. The van der Waals surface area contributed by atoms with Gasteiger partial charge in [0.2, 0.25) is 0 Å². The summed E-state index contributed by atoms with van der Waals surface area (Å²) < 4.78 is 1.63. The zero-order valence-electron chi connectivity index (χ0n) is 10.8. The van der Waals surface area contributed by atoms with Gasteiger partial charge in [-0.1, -0.05) is 0 Å². The lowest BCUT2D eigenvalue weighted by atomic mass is 10.2. The summed E-state index contributed by atoms with van der Waals surface area (Å²) in [5, 5.41) is 16.2. The van der Waals surface area contributed by atoms with Crippen LogP contribution < -0.4 is 11.1 Å². The second-order valence-corrected chi connectivity index (χ2v) is 4.21. The van der Waals surface area contributed by atoms with Crippen molar-refractivity contribution in [3.05, 3.63) is 35.7 Å². The molecular weight excluding hydrogens is 244 g/mol. The molecule has 0 unspecified atom stereocenters. The standard InChI is InChI=1S/C13H16N4O2/c1-3-17-12(6-8(2)16-17)13(19)15-11-5-4-9(18)7-10(11)14/h4-7,18H,3,14H2,1-2H3,(H,15,19). The van der Waals surface area contributed by atoms with Gasteiger partial charge in [-0.15, -0.1) is 0 Å². The van der Waals surface area contributed by atoms with Crippen LogP contribution in [0.1, 0.15) is 23.1 Å². The maximum atomic E-state index is 12.2. The van der Waals surface area contributed by atoms with Crippen molar-refractivity contribution < 1.29 is 9.90 Å². The van der Waals surface area contributed by atoms with E-state index in [9.17, 15) is 9.90 Å². The highest BCUT2D eigenvalue weighted by molar-refractivity contribution is 6.04. The van der Waals surface area contributed by atoms with E-state index in [1.807, 2.05) is 13.8 Å². The number of nitrogens with one attached hydrogen (secondary N) is 1. The number of rotatable bonds is 3. The first-order valence-corrected chi connectivity index (χ1v) is 5.95. The highest BCUT2D eigenvalue weighted by atomic mass is 16.3. The molecule has 0 saturated carbocycles. The number of phenols is 1. The molecule has 6 nitrogen and oxygen atoms in total. The zero-order valence-corrected chi connectivity index (χ0v) is 10.8. The van der Waals surface area contributed by atoms with Gasteiger partial charge in [0.05, 0.1) is 17.1 Å². The number of aryl methyl sites for hydroxylation is 2. The van der Waals surface area contributed by atoms with Crippen LogP contribution in [0, 0.1) is 6.92 Å². The third-order valence-corrected chi connectivity index (χ3v) is 2.72. The highest BCUT2D eigenvalue weighted by Crippen LogP contribution is 2.23. The van der Waals surface area contributed by atoms with Crippen LogP contribution in [-0.2, 0) is 6.54 Å². The molecule has 0 aliphatic carbocycles. The average Bonchev–Trinajstić information content (AvgIpc) is 2.74. The van der Waals surface area contributed by atoms with E-state index < -0.39 is 0 Å². The van der Waals surface area contributed by atoms with Gasteiger partial charge < -0.3 is 16.2 Å². The molecule has 4 N–H and O–H groups in total. The monoisotopic (exact) mass is 260 g/mol. The third-order valence-electron chi connectivity index (χ3n) is 2.72. The Morgan fingerprint density at radius 1 is 1.47 bits per heavy atom. The van der Waals surface area contributed by atoms with E-state index in [2.05, 4.69) is 10.4 Å². The fourth-order valence-electron chi connectivity index (χ4n) is 1.82. The van der Waals surface area contributed by atoms with Crippen LogP contribution in [-0.4, -0.2) is 20.8 Å². The van der Waals surface area contributed by atoms with Crippen molar-refractivity contribution in [1.29, 1.82) is 0 Å². The first-order chi connectivity index (χ1) is 9.01. The number of nitrogens with zero attached hydrogens (tertiary/aromatic N) is 2. The van der Waals surface area contributed by atoms with E-state index >= 15 is 0 Å². The fraction of sp³-hybridized carbons (Fsp3) is 0.231. The summed E-state index contributed by atoms with van der Waals surface area (Å²) in [4.78, 5) is 12.2. The van der Waals surface area contributed by atoms with Crippen molar-refractivity contribution in [3.63, 3.8) is 0 Å². The number of carbonyl (C=O) groups is 1. The maximum absolute atomic E-state index is 12.2. The molecule has 0 fully saturated rings. The summed E-state index contributed by atoms with van der Waals surface area (Å²) in [5.74, 6) is -0.218. The molecule has 1 amide bonds. The van der Waals surface area contributed by atoms with E-state index in [0.29, 0.717) is 23.6 Å². The van der Waals surface area contributed by atoms with Gasteiger partial charge in [-0.2, -0.15) is 5.10 Å². The number of carbonyl (C=O) groups excluding carboxylic acids is 1. The molecule has 19 heavy (non-hydrogen) atoms. The number of amides is 1. The van der Waals surface area contributed by atoms with Gasteiger partial charge in [0.15, 0.2) is 0 Å². The number of benzene rings is 1. The molecular formula is C13H16N4O2. The Hall–Kier alpha value is -2.50. The molecule has 0 atom stereocenters. The first-order valence-electron chi connectivity index (χ1n) is 5.95. The predicted molar refractivity (Wildman–Crippen MR) is 73.1 cm³/mol. The van der Waals surface area contributed by atoms with Gasteiger partial charge in [0.25, 0.3) is 5.91 Å². The summed E-state index contributed by atoms with van der Waals surface area (Å²) in [7, 11) is 0. The Kier molecular flexibility index (Phi) is 3.41. The summed E-state index contributed by atoms with van der Waals surface area (Å²) in [6, 6.07) is 6.13. The van der Waals surface area contributed by atoms with Crippen LogP contribution in [0.25, 0.3) is 0 Å². The van der Waals surface area contributed by atoms with Crippen molar-refractivity contribution in [3.8, 4) is 5.75 Å². The Morgan fingerprint density at radius 2 is 2.21 bits per heavy atom. The number of nitrogen functional groups attached to an aromatic ring is 1. The quantitative estimate of drug-likeness (QED) is 0.579. The zero-order chi connectivity index (χ0) is 14.0. The SMILES string of the molecule is CCn1nc(C)cc1C(=O)Nc1ccc(O)cc1N. The van der Waals surface area contributed by atoms with Gasteiger partial charge in [-0.3, -0.25) is 9.48 Å². The molecule has 0 radical (unpaired) electrons. The van der Waals surface area contributed by atoms with E-state index in [-0.39, 0.29) is 11.7 Å². The lowest BCUT2D eigenvalue weighted by molar-refractivity contribution is 0.101. The van der Waals surface area contributed by atoms with Crippen molar-refractivity contribution in [2.75, 3.05) is 11.1 Å². The molecule has 0 aliphatic rings. The minimum atomic E-state index is -0.278. The van der Waals surface area contributed by atoms with Crippen LogP contribution >= 0.6 is 0 Å². The number of aromatic nitrogens is 2. The van der Waals surface area contributed by atoms with Crippen molar-refractivity contribution in [2.45, 2.75) is 20.4 Å². The molecule has 0 bridgehead atoms. The second kappa shape index (κ2) is 5.01. The summed E-state index contributed by atoms with van der Waals surface area (Å²) in [6.45, 7) is 4.36. The van der Waals surface area contributed by atoms with Crippen molar-refractivity contribution >= 4 is 17.3 Å². The number of phenolic OH excluding ortho intramolecular Hbond substituents is 1. The smallest absolute Gasteiger partial charge is 0.273 e. The molecule has 1 aromatic heterocycles. The molecule has 1 heterocycles. The molecule has 1 aromatic carbocycles. The molecule has 6 heteroatoms. The Bertz CT molecular complexity index is 619. The Labute approximate surface area is 110 Å². The fourth-order valence-corrected chi connectivity index (χ4v) is 1.82. The number of nitrogens with two attached hydrogens (primary N) is 1. The third kappa shape index (κ3) is 2.67. The van der Waals surface area contributed by atoms with Crippen LogP contribution in [0.2, 0.25) is 0 Å². The number of hydrogen-bond acceptors (Lipinski definition) is 4.